The number of rotatable bonds is 3. The second-order valence-corrected chi connectivity index (χ2v) is 7.68. The van der Waals surface area contributed by atoms with Gasteiger partial charge in [-0.2, -0.15) is 0 Å². The maximum Gasteiger partial charge on any atom is 0.264 e. The van der Waals surface area contributed by atoms with Crippen molar-refractivity contribution < 1.29 is 9.53 Å². The summed E-state index contributed by atoms with van der Waals surface area (Å²) in [6.07, 6.45) is 0. The zero-order valence-corrected chi connectivity index (χ0v) is 14.6. The Labute approximate surface area is 137 Å². The molecule has 22 heavy (non-hydrogen) atoms. The van der Waals surface area contributed by atoms with E-state index in [2.05, 4.69) is 36.6 Å². The van der Waals surface area contributed by atoms with Gasteiger partial charge in [-0.25, -0.2) is 0 Å². The van der Waals surface area contributed by atoms with Gasteiger partial charge in [-0.15, -0.1) is 11.3 Å². The van der Waals surface area contributed by atoms with E-state index in [0.29, 0.717) is 17.9 Å². The van der Waals surface area contributed by atoms with Crippen LogP contribution in [0.1, 0.15) is 41.9 Å². The second-order valence-electron chi connectivity index (χ2n) is 6.76. The van der Waals surface area contributed by atoms with Gasteiger partial charge in [0.2, 0.25) is 0 Å². The molecule has 122 valence electrons. The van der Waals surface area contributed by atoms with Gasteiger partial charge in [0.25, 0.3) is 5.91 Å². The lowest BCUT2D eigenvalue weighted by Crippen LogP contribution is -2.47. The third kappa shape index (κ3) is 3.07. The summed E-state index contributed by atoms with van der Waals surface area (Å²) in [6.45, 7) is 11.9. The molecule has 0 spiro atoms. The lowest BCUT2D eigenvalue weighted by molar-refractivity contribution is 0.0119. The van der Waals surface area contributed by atoms with Crippen LogP contribution in [0.15, 0.2) is 11.4 Å². The molecule has 2 fully saturated rings. The first-order valence-corrected chi connectivity index (χ1v) is 9.14. The molecule has 0 N–H and O–H groups in total. The molecule has 1 aromatic rings. The van der Waals surface area contributed by atoms with Crippen molar-refractivity contribution in [3.8, 4) is 0 Å². The molecule has 2 aliphatic rings. The third-order valence-corrected chi connectivity index (χ3v) is 5.80. The van der Waals surface area contributed by atoms with Crippen molar-refractivity contribution in [1.82, 2.24) is 9.80 Å². The molecule has 0 bridgehead atoms. The Morgan fingerprint density at radius 3 is 2.73 bits per heavy atom. The van der Waals surface area contributed by atoms with Crippen LogP contribution in [0.3, 0.4) is 0 Å². The van der Waals surface area contributed by atoms with Gasteiger partial charge in [0, 0.05) is 32.2 Å². The van der Waals surface area contributed by atoms with E-state index in [-0.39, 0.29) is 5.91 Å². The number of amides is 1. The number of nitrogens with zero attached hydrogens (tertiary/aromatic N) is 2. The van der Waals surface area contributed by atoms with Crippen LogP contribution >= 0.6 is 11.3 Å². The normalized spacial score (nSPS) is 26.8. The number of ether oxygens (including phenoxy) is 1. The van der Waals surface area contributed by atoms with Crippen LogP contribution in [-0.2, 0) is 4.74 Å². The fourth-order valence-corrected chi connectivity index (χ4v) is 4.61. The predicted molar refractivity (Wildman–Crippen MR) is 89.7 cm³/mol. The summed E-state index contributed by atoms with van der Waals surface area (Å²) in [5.41, 5.74) is 1.19. The van der Waals surface area contributed by atoms with E-state index in [9.17, 15) is 4.79 Å². The van der Waals surface area contributed by atoms with Gasteiger partial charge in [0.15, 0.2) is 0 Å². The van der Waals surface area contributed by atoms with Crippen LogP contribution < -0.4 is 0 Å². The molecular formula is C17H26N2O2S. The maximum atomic E-state index is 12.9. The quantitative estimate of drug-likeness (QED) is 0.858. The second kappa shape index (κ2) is 6.69. The predicted octanol–water partition coefficient (Wildman–Crippen LogP) is 2.66. The maximum absolute atomic E-state index is 12.9. The molecule has 2 saturated heterocycles. The third-order valence-electron chi connectivity index (χ3n) is 4.89. The Balaban J connectivity index is 1.70. The number of likely N-dealkylation sites (tertiary alicyclic amines) is 1. The van der Waals surface area contributed by atoms with Crippen molar-refractivity contribution >= 4 is 17.2 Å². The molecule has 2 aliphatic heterocycles. The lowest BCUT2D eigenvalue weighted by Gasteiger charge is -2.34. The van der Waals surface area contributed by atoms with Crippen molar-refractivity contribution in [2.75, 3.05) is 39.4 Å². The van der Waals surface area contributed by atoms with E-state index in [1.54, 1.807) is 11.3 Å². The number of carbonyl (C=O) groups is 1. The van der Waals surface area contributed by atoms with Crippen LogP contribution in [0, 0.1) is 5.92 Å². The molecule has 1 aromatic heterocycles. The van der Waals surface area contributed by atoms with Gasteiger partial charge in [-0.05, 0) is 28.8 Å². The van der Waals surface area contributed by atoms with Crippen molar-refractivity contribution in [3.63, 3.8) is 0 Å². The molecule has 0 aromatic carbocycles. The van der Waals surface area contributed by atoms with E-state index in [4.69, 9.17) is 4.74 Å². The molecule has 5 heteroatoms. The van der Waals surface area contributed by atoms with E-state index in [1.165, 1.54) is 5.56 Å². The SMILES string of the molecule is CC(C)c1ccsc1C(=O)N1C[C@@H](C)[C@H](N2CCOCC2)C1. The number of carbonyl (C=O) groups excluding carboxylic acids is 1. The summed E-state index contributed by atoms with van der Waals surface area (Å²) < 4.78 is 5.45. The van der Waals surface area contributed by atoms with Crippen LogP contribution in [0.5, 0.6) is 0 Å². The molecule has 0 aliphatic carbocycles. The van der Waals surface area contributed by atoms with Crippen molar-refractivity contribution in [3.05, 3.63) is 21.9 Å². The summed E-state index contributed by atoms with van der Waals surface area (Å²) in [4.78, 5) is 18.4. The summed E-state index contributed by atoms with van der Waals surface area (Å²) >= 11 is 1.59. The Morgan fingerprint density at radius 1 is 1.32 bits per heavy atom. The Hall–Kier alpha value is -0.910. The topological polar surface area (TPSA) is 32.8 Å². The number of hydrogen-bond acceptors (Lipinski definition) is 4. The molecule has 0 unspecified atom stereocenters. The minimum atomic E-state index is 0.223. The minimum Gasteiger partial charge on any atom is -0.379 e. The number of thiophene rings is 1. The molecular weight excluding hydrogens is 296 g/mol. The molecule has 1 amide bonds. The van der Waals surface area contributed by atoms with Gasteiger partial charge in [-0.1, -0.05) is 20.8 Å². The van der Waals surface area contributed by atoms with Crippen molar-refractivity contribution in [2.24, 2.45) is 5.92 Å². The highest BCUT2D eigenvalue weighted by Crippen LogP contribution is 2.29. The summed E-state index contributed by atoms with van der Waals surface area (Å²) in [7, 11) is 0. The molecule has 0 radical (unpaired) electrons. The summed E-state index contributed by atoms with van der Waals surface area (Å²) in [6, 6.07) is 2.58. The van der Waals surface area contributed by atoms with E-state index in [0.717, 1.165) is 44.3 Å². The monoisotopic (exact) mass is 322 g/mol. The van der Waals surface area contributed by atoms with Crippen molar-refractivity contribution in [2.45, 2.75) is 32.7 Å². The zero-order valence-electron chi connectivity index (χ0n) is 13.7. The van der Waals surface area contributed by atoms with E-state index < -0.39 is 0 Å². The molecule has 0 saturated carbocycles. The van der Waals surface area contributed by atoms with Gasteiger partial charge in [0.1, 0.15) is 0 Å². The van der Waals surface area contributed by atoms with Gasteiger partial charge >= 0.3 is 0 Å². The van der Waals surface area contributed by atoms with Crippen LogP contribution in [-0.4, -0.2) is 61.1 Å². The smallest absolute Gasteiger partial charge is 0.264 e. The molecule has 3 heterocycles. The van der Waals surface area contributed by atoms with Crippen molar-refractivity contribution in [1.29, 1.82) is 0 Å². The first kappa shape index (κ1) is 16.0. The molecule has 2 atom stereocenters. The molecule has 4 nitrogen and oxygen atoms in total. The van der Waals surface area contributed by atoms with Crippen LogP contribution in [0.25, 0.3) is 0 Å². The standard InChI is InChI=1S/C17H26N2O2S/c1-12(2)14-4-9-22-16(14)17(20)19-10-13(3)15(11-19)18-5-7-21-8-6-18/h4,9,12-13,15H,5-8,10-11H2,1-3H3/t13-,15-/m1/s1. The van der Waals surface area contributed by atoms with Gasteiger partial charge < -0.3 is 9.64 Å². The van der Waals surface area contributed by atoms with E-state index in [1.807, 2.05) is 5.38 Å². The summed E-state index contributed by atoms with van der Waals surface area (Å²) in [5, 5.41) is 2.04. The first-order valence-electron chi connectivity index (χ1n) is 8.26. The van der Waals surface area contributed by atoms with Crippen LogP contribution in [0.2, 0.25) is 0 Å². The highest BCUT2D eigenvalue weighted by Gasteiger charge is 2.37. The van der Waals surface area contributed by atoms with Crippen LogP contribution in [0.4, 0.5) is 0 Å². The number of hydrogen-bond donors (Lipinski definition) is 0. The fraction of sp³-hybridized carbons (Fsp3) is 0.706. The average molecular weight is 322 g/mol. The number of morpholine rings is 1. The highest BCUT2D eigenvalue weighted by atomic mass is 32.1. The zero-order chi connectivity index (χ0) is 15.7. The first-order chi connectivity index (χ1) is 10.6. The fourth-order valence-electron chi connectivity index (χ4n) is 3.59. The average Bonchev–Trinajstić information content (AvgIpc) is 3.14. The minimum absolute atomic E-state index is 0.223. The Morgan fingerprint density at radius 2 is 2.05 bits per heavy atom. The molecule has 3 rings (SSSR count). The van der Waals surface area contributed by atoms with E-state index >= 15 is 0 Å². The summed E-state index contributed by atoms with van der Waals surface area (Å²) in [5.74, 6) is 1.16. The van der Waals surface area contributed by atoms with Gasteiger partial charge in [0.05, 0.1) is 18.1 Å². The highest BCUT2D eigenvalue weighted by molar-refractivity contribution is 7.12. The van der Waals surface area contributed by atoms with Gasteiger partial charge in [-0.3, -0.25) is 9.69 Å². The lowest BCUT2D eigenvalue weighted by atomic mass is 10.0. The Bertz CT molecular complexity index is 522. The Kier molecular flexibility index (Phi) is 4.85. The largest absolute Gasteiger partial charge is 0.379 e.